The van der Waals surface area contributed by atoms with Gasteiger partial charge in [0.15, 0.2) is 0 Å². The fraction of sp³-hybridized carbons (Fsp3) is 0.727. The molecule has 0 aliphatic carbocycles. The Bertz CT molecular complexity index is 348. The average Bonchev–Trinajstić information content (AvgIpc) is 2.66. The molecule has 0 N–H and O–H groups in total. The Morgan fingerprint density at radius 1 is 1.44 bits per heavy atom. The van der Waals surface area contributed by atoms with Crippen molar-refractivity contribution in [1.82, 2.24) is 10.1 Å². The zero-order valence-electron chi connectivity index (χ0n) is 9.39. The SMILES string of the molecule is Cc1cc(OC2CN3CCC2CC3)no1.Cl. The Morgan fingerprint density at radius 2 is 2.19 bits per heavy atom. The number of fused-ring (bicyclic) bond motifs is 3. The minimum atomic E-state index is 0. The van der Waals surface area contributed by atoms with Crippen LogP contribution in [-0.2, 0) is 0 Å². The highest BCUT2D eigenvalue weighted by Crippen LogP contribution is 2.30. The van der Waals surface area contributed by atoms with E-state index >= 15 is 0 Å². The number of aryl methyl sites for hydroxylation is 1. The van der Waals surface area contributed by atoms with Gasteiger partial charge in [0, 0.05) is 12.6 Å². The topological polar surface area (TPSA) is 38.5 Å². The lowest BCUT2D eigenvalue weighted by Gasteiger charge is -2.43. The molecule has 4 heterocycles. The van der Waals surface area contributed by atoms with E-state index in [2.05, 4.69) is 10.1 Å². The lowest BCUT2D eigenvalue weighted by molar-refractivity contribution is -0.0113. The minimum Gasteiger partial charge on any atom is -0.471 e. The summed E-state index contributed by atoms with van der Waals surface area (Å²) in [7, 11) is 0. The van der Waals surface area contributed by atoms with E-state index in [0.29, 0.717) is 17.9 Å². The van der Waals surface area contributed by atoms with E-state index in [1.807, 2.05) is 13.0 Å². The first-order chi connectivity index (χ1) is 7.31. The Balaban J connectivity index is 0.000000963. The molecule has 4 nitrogen and oxygen atoms in total. The van der Waals surface area contributed by atoms with Crippen molar-refractivity contribution in [2.45, 2.75) is 25.9 Å². The van der Waals surface area contributed by atoms with E-state index in [-0.39, 0.29) is 12.4 Å². The van der Waals surface area contributed by atoms with Crippen LogP contribution < -0.4 is 4.74 Å². The van der Waals surface area contributed by atoms with Crippen LogP contribution in [0.4, 0.5) is 0 Å². The van der Waals surface area contributed by atoms with Crippen LogP contribution in [0.15, 0.2) is 10.6 Å². The monoisotopic (exact) mass is 244 g/mol. The normalized spacial score (nSPS) is 32.2. The molecule has 5 heteroatoms. The zero-order chi connectivity index (χ0) is 10.3. The molecule has 0 amide bonds. The highest BCUT2D eigenvalue weighted by atomic mass is 35.5. The molecule has 2 bridgehead atoms. The zero-order valence-corrected chi connectivity index (χ0v) is 10.2. The third-order valence-electron chi connectivity index (χ3n) is 3.47. The van der Waals surface area contributed by atoms with Crippen molar-refractivity contribution in [2.75, 3.05) is 19.6 Å². The highest BCUT2D eigenvalue weighted by Gasteiger charge is 2.35. The molecule has 3 aliphatic rings. The molecule has 1 aromatic heterocycles. The second-order valence-electron chi connectivity index (χ2n) is 4.57. The van der Waals surface area contributed by atoms with Crippen molar-refractivity contribution >= 4 is 12.4 Å². The van der Waals surface area contributed by atoms with Crippen LogP contribution in [0.5, 0.6) is 5.88 Å². The Kier molecular flexibility index (Phi) is 3.40. The van der Waals surface area contributed by atoms with Crippen molar-refractivity contribution in [1.29, 1.82) is 0 Å². The van der Waals surface area contributed by atoms with Gasteiger partial charge in [0.2, 0.25) is 0 Å². The second kappa shape index (κ2) is 4.63. The van der Waals surface area contributed by atoms with E-state index < -0.39 is 0 Å². The molecule has 0 saturated carbocycles. The second-order valence-corrected chi connectivity index (χ2v) is 4.57. The number of aromatic nitrogens is 1. The lowest BCUT2D eigenvalue weighted by atomic mass is 9.86. The van der Waals surface area contributed by atoms with Crippen molar-refractivity contribution in [3.8, 4) is 5.88 Å². The molecule has 0 spiro atoms. The smallest absolute Gasteiger partial charge is 0.254 e. The van der Waals surface area contributed by atoms with Crippen molar-refractivity contribution in [3.63, 3.8) is 0 Å². The number of nitrogens with zero attached hydrogens (tertiary/aromatic N) is 2. The summed E-state index contributed by atoms with van der Waals surface area (Å²) in [5.74, 6) is 2.17. The summed E-state index contributed by atoms with van der Waals surface area (Å²) >= 11 is 0. The van der Waals surface area contributed by atoms with Gasteiger partial charge in [-0.05, 0) is 43.9 Å². The molecule has 1 unspecified atom stereocenters. The largest absolute Gasteiger partial charge is 0.471 e. The first-order valence-electron chi connectivity index (χ1n) is 5.63. The molecule has 3 aliphatic heterocycles. The summed E-state index contributed by atoms with van der Waals surface area (Å²) in [6.45, 7) is 5.41. The Hall–Kier alpha value is -0.740. The summed E-state index contributed by atoms with van der Waals surface area (Å²) in [6, 6.07) is 1.86. The van der Waals surface area contributed by atoms with Gasteiger partial charge in [-0.1, -0.05) is 0 Å². The number of halogens is 1. The van der Waals surface area contributed by atoms with Crippen LogP contribution in [-0.4, -0.2) is 35.8 Å². The van der Waals surface area contributed by atoms with Crippen LogP contribution in [0.3, 0.4) is 0 Å². The molecule has 3 fully saturated rings. The number of hydrogen-bond donors (Lipinski definition) is 0. The average molecular weight is 245 g/mol. The summed E-state index contributed by atoms with van der Waals surface area (Å²) in [5, 5.41) is 3.88. The van der Waals surface area contributed by atoms with E-state index in [9.17, 15) is 0 Å². The fourth-order valence-electron chi connectivity index (χ4n) is 2.60. The number of rotatable bonds is 2. The molecule has 1 aromatic rings. The highest BCUT2D eigenvalue weighted by molar-refractivity contribution is 5.85. The molecule has 0 radical (unpaired) electrons. The summed E-state index contributed by atoms with van der Waals surface area (Å²) in [6.07, 6.45) is 2.85. The Morgan fingerprint density at radius 3 is 2.69 bits per heavy atom. The molecular formula is C11H17ClN2O2. The van der Waals surface area contributed by atoms with Gasteiger partial charge in [-0.25, -0.2) is 0 Å². The van der Waals surface area contributed by atoms with Crippen molar-refractivity contribution in [3.05, 3.63) is 11.8 Å². The standard InChI is InChI=1S/C11H16N2O2.ClH/c1-8-6-11(12-15-8)14-10-7-13-4-2-9(10)3-5-13;/h6,9-10H,2-5,7H2,1H3;1H. The third-order valence-corrected chi connectivity index (χ3v) is 3.47. The van der Waals surface area contributed by atoms with Crippen LogP contribution in [0, 0.1) is 12.8 Å². The van der Waals surface area contributed by atoms with Crippen molar-refractivity contribution < 1.29 is 9.26 Å². The molecule has 1 atom stereocenters. The fourth-order valence-corrected chi connectivity index (χ4v) is 2.60. The van der Waals surface area contributed by atoms with Crippen LogP contribution in [0.25, 0.3) is 0 Å². The maximum atomic E-state index is 5.86. The number of ether oxygens (including phenoxy) is 1. The van der Waals surface area contributed by atoms with Gasteiger partial charge in [0.25, 0.3) is 5.88 Å². The Labute approximate surface area is 101 Å². The van der Waals surface area contributed by atoms with Gasteiger partial charge in [0.1, 0.15) is 11.9 Å². The molecule has 16 heavy (non-hydrogen) atoms. The molecule has 4 rings (SSSR count). The minimum absolute atomic E-state index is 0. The first-order valence-corrected chi connectivity index (χ1v) is 5.63. The van der Waals surface area contributed by atoms with E-state index in [1.54, 1.807) is 0 Å². The van der Waals surface area contributed by atoms with Crippen LogP contribution in [0.2, 0.25) is 0 Å². The predicted molar refractivity (Wildman–Crippen MR) is 62.1 cm³/mol. The van der Waals surface area contributed by atoms with Gasteiger partial charge in [-0.2, -0.15) is 0 Å². The number of hydrogen-bond acceptors (Lipinski definition) is 4. The quantitative estimate of drug-likeness (QED) is 0.796. The van der Waals surface area contributed by atoms with E-state index in [1.165, 1.54) is 25.9 Å². The maximum absolute atomic E-state index is 5.86. The lowest BCUT2D eigenvalue weighted by Crippen LogP contribution is -2.52. The van der Waals surface area contributed by atoms with Crippen LogP contribution >= 0.6 is 12.4 Å². The summed E-state index contributed by atoms with van der Waals surface area (Å²) in [4.78, 5) is 2.47. The van der Waals surface area contributed by atoms with Gasteiger partial charge in [0.05, 0.1) is 0 Å². The van der Waals surface area contributed by atoms with Gasteiger partial charge < -0.3 is 9.26 Å². The molecule has 90 valence electrons. The predicted octanol–water partition coefficient (Wildman–Crippen LogP) is 1.88. The van der Waals surface area contributed by atoms with Crippen LogP contribution in [0.1, 0.15) is 18.6 Å². The molecular weight excluding hydrogens is 228 g/mol. The molecule has 3 saturated heterocycles. The summed E-state index contributed by atoms with van der Waals surface area (Å²) in [5.41, 5.74) is 0. The van der Waals surface area contributed by atoms with Gasteiger partial charge >= 0.3 is 0 Å². The van der Waals surface area contributed by atoms with E-state index in [0.717, 1.165) is 12.3 Å². The third kappa shape index (κ3) is 2.18. The maximum Gasteiger partial charge on any atom is 0.254 e. The summed E-state index contributed by atoms with van der Waals surface area (Å²) < 4.78 is 10.9. The van der Waals surface area contributed by atoms with Gasteiger partial charge in [-0.3, -0.25) is 4.90 Å². The number of piperidine rings is 3. The van der Waals surface area contributed by atoms with Crippen molar-refractivity contribution in [2.24, 2.45) is 5.92 Å². The van der Waals surface area contributed by atoms with E-state index in [4.69, 9.17) is 9.26 Å². The first kappa shape index (κ1) is 11.7. The van der Waals surface area contributed by atoms with Gasteiger partial charge in [-0.15, -0.1) is 12.4 Å². The molecule has 0 aromatic carbocycles.